The Morgan fingerprint density at radius 2 is 0.929 bits per heavy atom. The number of hydrogen-bond acceptors (Lipinski definition) is 0. The third-order valence-electron chi connectivity index (χ3n) is 3.67. The molecule has 1 saturated carbocycles. The molecule has 0 bridgehead atoms. The van der Waals surface area contributed by atoms with E-state index in [1.807, 2.05) is 0 Å². The second-order valence-electron chi connectivity index (χ2n) is 5.68. The third-order valence-corrected chi connectivity index (χ3v) is 10.6. The quantitative estimate of drug-likeness (QED) is 0.478. The zero-order chi connectivity index (χ0) is 11.0. The molecule has 4 heteroatoms. The Morgan fingerprint density at radius 1 is 0.714 bits per heavy atom. The fourth-order valence-corrected chi connectivity index (χ4v) is 7.19. The van der Waals surface area contributed by atoms with Crippen molar-refractivity contribution in [1.29, 1.82) is 0 Å². The monoisotopic (exact) mass is 268 g/mol. The van der Waals surface area contributed by atoms with Gasteiger partial charge in [0.25, 0.3) is 0 Å². The van der Waals surface area contributed by atoms with Crippen molar-refractivity contribution in [3.8, 4) is 0 Å². The van der Waals surface area contributed by atoms with Crippen LogP contribution in [0.15, 0.2) is 0 Å². The van der Waals surface area contributed by atoms with Gasteiger partial charge in [-0.1, -0.05) is 51.9 Å². The van der Waals surface area contributed by atoms with Crippen LogP contribution in [0, 0.1) is 0 Å². The van der Waals surface area contributed by atoms with Crippen LogP contribution in [0.1, 0.15) is 25.7 Å². The molecule has 1 aliphatic carbocycles. The van der Waals surface area contributed by atoms with Gasteiger partial charge in [0.1, 0.15) is 0 Å². The summed E-state index contributed by atoms with van der Waals surface area (Å²) in [6, 6.07) is 0. The average molecular weight is 269 g/mol. The van der Waals surface area contributed by atoms with Crippen LogP contribution >= 0.6 is 22.2 Å². The molecule has 1 rings (SSSR count). The first-order valence-corrected chi connectivity index (χ1v) is 13.8. The van der Waals surface area contributed by atoms with E-state index in [9.17, 15) is 0 Å². The lowest BCUT2D eigenvalue weighted by Gasteiger charge is -2.37. The zero-order valence-electron chi connectivity index (χ0n) is 9.74. The standard InChI is InChI=1S/C10H22Cl2Si2/c1-13(2,11)9-5-7-10(8-6-9)14(3,4)12/h9-10H,5-8H2,1-4H3. The Kier molecular flexibility index (Phi) is 4.19. The molecule has 0 heterocycles. The molecule has 0 aromatic rings. The van der Waals surface area contributed by atoms with E-state index in [1.165, 1.54) is 25.7 Å². The minimum atomic E-state index is -1.40. The van der Waals surface area contributed by atoms with Crippen molar-refractivity contribution in [3.05, 3.63) is 0 Å². The SMILES string of the molecule is C[Si](C)(Cl)C1CCC([Si](C)(C)Cl)CC1. The Morgan fingerprint density at radius 3 is 1.07 bits per heavy atom. The maximum Gasteiger partial charge on any atom is 0.153 e. The lowest BCUT2D eigenvalue weighted by molar-refractivity contribution is 0.487. The molecule has 14 heavy (non-hydrogen) atoms. The predicted molar refractivity (Wildman–Crippen MR) is 72.6 cm³/mol. The smallest absolute Gasteiger partial charge is 0.153 e. The van der Waals surface area contributed by atoms with Gasteiger partial charge in [0, 0.05) is 0 Å². The molecule has 0 aliphatic heterocycles. The molecule has 0 N–H and O–H groups in total. The second-order valence-corrected chi connectivity index (χ2v) is 19.4. The summed E-state index contributed by atoms with van der Waals surface area (Å²) in [4.78, 5) is 0. The maximum atomic E-state index is 6.49. The van der Waals surface area contributed by atoms with Crippen LogP contribution < -0.4 is 0 Å². The van der Waals surface area contributed by atoms with Gasteiger partial charge in [0.2, 0.25) is 0 Å². The first-order valence-electron chi connectivity index (χ1n) is 5.59. The second kappa shape index (κ2) is 4.48. The highest BCUT2D eigenvalue weighted by Crippen LogP contribution is 2.47. The molecule has 0 spiro atoms. The summed E-state index contributed by atoms with van der Waals surface area (Å²) in [6.45, 7) is 9.12. The molecule has 0 atom stereocenters. The molecule has 0 nitrogen and oxygen atoms in total. The first kappa shape index (κ1) is 13.1. The fourth-order valence-electron chi connectivity index (χ4n) is 2.47. The van der Waals surface area contributed by atoms with Gasteiger partial charge in [-0.05, 0) is 11.1 Å². The van der Waals surface area contributed by atoms with E-state index in [4.69, 9.17) is 22.2 Å². The number of rotatable bonds is 2. The van der Waals surface area contributed by atoms with Crippen molar-refractivity contribution < 1.29 is 0 Å². The Hall–Kier alpha value is 1.01. The van der Waals surface area contributed by atoms with Gasteiger partial charge in [-0.2, -0.15) is 22.2 Å². The van der Waals surface area contributed by atoms with Crippen molar-refractivity contribution in [1.82, 2.24) is 0 Å². The van der Waals surface area contributed by atoms with E-state index in [-0.39, 0.29) is 0 Å². The van der Waals surface area contributed by atoms with Gasteiger partial charge in [0.05, 0.1) is 0 Å². The van der Waals surface area contributed by atoms with Crippen LogP contribution in [0.3, 0.4) is 0 Å². The number of halogens is 2. The van der Waals surface area contributed by atoms with E-state index < -0.39 is 14.8 Å². The van der Waals surface area contributed by atoms with Gasteiger partial charge in [-0.25, -0.2) is 0 Å². The average Bonchev–Trinajstić information content (AvgIpc) is 2.01. The Bertz CT molecular complexity index is 163. The molecule has 1 aliphatic rings. The Labute approximate surface area is 99.8 Å². The van der Waals surface area contributed by atoms with E-state index in [2.05, 4.69) is 26.2 Å². The summed E-state index contributed by atoms with van der Waals surface area (Å²) in [6.07, 6.45) is 5.32. The van der Waals surface area contributed by atoms with Crippen LogP contribution in [0.5, 0.6) is 0 Å². The van der Waals surface area contributed by atoms with Gasteiger partial charge < -0.3 is 0 Å². The van der Waals surface area contributed by atoms with E-state index in [0.29, 0.717) is 0 Å². The minimum Gasteiger partial charge on any atom is -0.167 e. The summed E-state index contributed by atoms with van der Waals surface area (Å²) in [7, 11) is -2.80. The molecule has 84 valence electrons. The lowest BCUT2D eigenvalue weighted by Crippen LogP contribution is -2.33. The van der Waals surface area contributed by atoms with Gasteiger partial charge in [-0.15, -0.1) is 0 Å². The highest BCUT2D eigenvalue weighted by atomic mass is 35.6. The van der Waals surface area contributed by atoms with Crippen molar-refractivity contribution >= 4 is 36.9 Å². The molecular weight excluding hydrogens is 247 g/mol. The Balaban J connectivity index is 2.47. The van der Waals surface area contributed by atoms with Crippen LogP contribution in [0.4, 0.5) is 0 Å². The first-order chi connectivity index (χ1) is 6.21. The van der Waals surface area contributed by atoms with Crippen molar-refractivity contribution in [2.45, 2.75) is 63.0 Å². The van der Waals surface area contributed by atoms with Crippen molar-refractivity contribution in [3.63, 3.8) is 0 Å². The molecule has 0 amide bonds. The third kappa shape index (κ3) is 3.55. The summed E-state index contributed by atoms with van der Waals surface area (Å²) < 4.78 is 0. The summed E-state index contributed by atoms with van der Waals surface area (Å²) >= 11 is 13.0. The molecule has 0 unspecified atom stereocenters. The molecule has 0 aromatic heterocycles. The van der Waals surface area contributed by atoms with Crippen molar-refractivity contribution in [2.24, 2.45) is 0 Å². The fraction of sp³-hybridized carbons (Fsp3) is 1.00. The molecule has 0 radical (unpaired) electrons. The van der Waals surface area contributed by atoms with Gasteiger partial charge >= 0.3 is 0 Å². The summed E-state index contributed by atoms with van der Waals surface area (Å²) in [5, 5.41) is 0. The molecule has 0 saturated heterocycles. The molecule has 1 fully saturated rings. The zero-order valence-corrected chi connectivity index (χ0v) is 13.3. The van der Waals surface area contributed by atoms with E-state index >= 15 is 0 Å². The largest absolute Gasteiger partial charge is 0.167 e. The summed E-state index contributed by atoms with van der Waals surface area (Å²) in [5.74, 6) is 0. The summed E-state index contributed by atoms with van der Waals surface area (Å²) in [5.41, 5.74) is 1.65. The lowest BCUT2D eigenvalue weighted by atomic mass is 9.99. The molecule has 0 aromatic carbocycles. The van der Waals surface area contributed by atoms with Crippen molar-refractivity contribution in [2.75, 3.05) is 0 Å². The van der Waals surface area contributed by atoms with Crippen LogP contribution in [0.25, 0.3) is 0 Å². The van der Waals surface area contributed by atoms with Gasteiger partial charge in [-0.3, -0.25) is 0 Å². The number of hydrogen-bond donors (Lipinski definition) is 0. The van der Waals surface area contributed by atoms with Crippen LogP contribution in [-0.2, 0) is 0 Å². The predicted octanol–water partition coefficient (Wildman–Crippen LogP) is 5.19. The maximum absolute atomic E-state index is 6.49. The van der Waals surface area contributed by atoms with Crippen LogP contribution in [0.2, 0.25) is 37.3 Å². The molecular formula is C10H22Cl2Si2. The van der Waals surface area contributed by atoms with E-state index in [1.54, 1.807) is 0 Å². The minimum absolute atomic E-state index is 0.827. The highest BCUT2D eigenvalue weighted by Gasteiger charge is 2.38. The highest BCUT2D eigenvalue weighted by molar-refractivity contribution is 7.20. The van der Waals surface area contributed by atoms with Gasteiger partial charge in [0.15, 0.2) is 14.8 Å². The van der Waals surface area contributed by atoms with Crippen LogP contribution in [-0.4, -0.2) is 14.8 Å². The topological polar surface area (TPSA) is 0 Å². The normalized spacial score (nSPS) is 30.4. The van der Waals surface area contributed by atoms with E-state index in [0.717, 1.165) is 11.1 Å².